The molecule has 0 saturated carbocycles. The molecule has 0 amide bonds. The third kappa shape index (κ3) is 2.74. The highest BCUT2D eigenvalue weighted by molar-refractivity contribution is 7.99. The van der Waals surface area contributed by atoms with E-state index in [9.17, 15) is 0 Å². The van der Waals surface area contributed by atoms with Crippen LogP contribution in [0.3, 0.4) is 0 Å². The van der Waals surface area contributed by atoms with Crippen molar-refractivity contribution >= 4 is 22.5 Å². The molecule has 0 aliphatic heterocycles. The Morgan fingerprint density at radius 2 is 1.80 bits per heavy atom. The van der Waals surface area contributed by atoms with Gasteiger partial charge < -0.3 is 10.2 Å². The Balaban J connectivity index is 1.90. The van der Waals surface area contributed by atoms with Crippen molar-refractivity contribution in [2.24, 2.45) is 5.73 Å². The molecule has 0 spiro atoms. The van der Waals surface area contributed by atoms with Gasteiger partial charge >= 0.3 is 0 Å². The molecule has 1 aromatic heterocycles. The quantitative estimate of drug-likeness (QED) is 0.710. The summed E-state index contributed by atoms with van der Waals surface area (Å²) in [5.74, 6) is 0.929. The van der Waals surface area contributed by atoms with Crippen LogP contribution >= 0.6 is 11.8 Å². The highest BCUT2D eigenvalue weighted by atomic mass is 32.2. The first kappa shape index (κ1) is 13.3. The van der Waals surface area contributed by atoms with Crippen molar-refractivity contribution < 1.29 is 4.42 Å². The molecule has 3 rings (SSSR count). The van der Waals surface area contributed by atoms with Gasteiger partial charge in [-0.2, -0.15) is 0 Å². The first-order valence-electron chi connectivity index (χ1n) is 6.68. The Morgan fingerprint density at radius 3 is 2.50 bits per heavy atom. The van der Waals surface area contributed by atoms with Crippen molar-refractivity contribution in [1.82, 2.24) is 0 Å². The van der Waals surface area contributed by atoms with Crippen molar-refractivity contribution in [3.63, 3.8) is 0 Å². The van der Waals surface area contributed by atoms with Crippen LogP contribution in [0.15, 0.2) is 70.2 Å². The van der Waals surface area contributed by atoms with Crippen LogP contribution in [0.25, 0.3) is 10.8 Å². The first-order chi connectivity index (χ1) is 9.74. The summed E-state index contributed by atoms with van der Waals surface area (Å²) in [5.41, 5.74) is 6.11. The highest BCUT2D eigenvalue weighted by Crippen LogP contribution is 2.38. The lowest BCUT2D eigenvalue weighted by Crippen LogP contribution is -2.22. The van der Waals surface area contributed by atoms with Crippen LogP contribution in [0.5, 0.6) is 0 Å². The smallest absolute Gasteiger partial charge is 0.118 e. The van der Waals surface area contributed by atoms with E-state index in [0.717, 1.165) is 5.76 Å². The largest absolute Gasteiger partial charge is 0.468 e. The molecule has 2 N–H and O–H groups in total. The number of furan rings is 1. The van der Waals surface area contributed by atoms with Gasteiger partial charge in [-0.25, -0.2) is 0 Å². The topological polar surface area (TPSA) is 39.2 Å². The number of nitrogens with two attached hydrogens (primary N) is 1. The van der Waals surface area contributed by atoms with E-state index in [4.69, 9.17) is 10.2 Å². The second-order valence-electron chi connectivity index (χ2n) is 4.92. The van der Waals surface area contributed by atoms with Crippen molar-refractivity contribution in [3.05, 3.63) is 66.6 Å². The fourth-order valence-electron chi connectivity index (χ4n) is 2.26. The molecular weight excluding hydrogens is 266 g/mol. The van der Waals surface area contributed by atoms with Gasteiger partial charge in [0.25, 0.3) is 0 Å². The van der Waals surface area contributed by atoms with E-state index in [2.05, 4.69) is 42.5 Å². The van der Waals surface area contributed by atoms with E-state index in [1.807, 2.05) is 19.1 Å². The SMILES string of the molecule is CC(N)C(Sc1ccc2ccccc2c1)c1ccco1. The van der Waals surface area contributed by atoms with Gasteiger partial charge in [0.2, 0.25) is 0 Å². The molecule has 102 valence electrons. The third-order valence-electron chi connectivity index (χ3n) is 3.29. The Bertz CT molecular complexity index is 691. The summed E-state index contributed by atoms with van der Waals surface area (Å²) in [6, 6.07) is 18.8. The van der Waals surface area contributed by atoms with E-state index in [1.165, 1.54) is 15.7 Å². The molecule has 0 radical (unpaired) electrons. The van der Waals surface area contributed by atoms with Crippen LogP contribution in [0.1, 0.15) is 17.9 Å². The molecule has 0 bridgehead atoms. The summed E-state index contributed by atoms with van der Waals surface area (Å²) < 4.78 is 5.52. The van der Waals surface area contributed by atoms with E-state index >= 15 is 0 Å². The van der Waals surface area contributed by atoms with Crippen LogP contribution in [0.4, 0.5) is 0 Å². The van der Waals surface area contributed by atoms with Gasteiger partial charge in [0, 0.05) is 10.9 Å². The normalized spacial score (nSPS) is 14.3. The van der Waals surface area contributed by atoms with Crippen molar-refractivity contribution in [2.45, 2.75) is 23.1 Å². The zero-order valence-corrected chi connectivity index (χ0v) is 12.1. The lowest BCUT2D eigenvalue weighted by atomic mass is 10.1. The molecule has 0 fully saturated rings. The molecule has 0 aliphatic carbocycles. The molecule has 3 aromatic rings. The van der Waals surface area contributed by atoms with Gasteiger partial charge in [-0.1, -0.05) is 30.3 Å². The minimum absolute atomic E-state index is 0.0256. The predicted molar refractivity (Wildman–Crippen MR) is 84.9 cm³/mol. The number of benzene rings is 2. The summed E-state index contributed by atoms with van der Waals surface area (Å²) in [6.07, 6.45) is 1.70. The monoisotopic (exact) mass is 283 g/mol. The van der Waals surface area contributed by atoms with E-state index in [1.54, 1.807) is 18.0 Å². The summed E-state index contributed by atoms with van der Waals surface area (Å²) in [7, 11) is 0. The van der Waals surface area contributed by atoms with Crippen molar-refractivity contribution in [3.8, 4) is 0 Å². The second kappa shape index (κ2) is 5.73. The van der Waals surface area contributed by atoms with Gasteiger partial charge in [0.15, 0.2) is 0 Å². The highest BCUT2D eigenvalue weighted by Gasteiger charge is 2.20. The van der Waals surface area contributed by atoms with E-state index in [-0.39, 0.29) is 11.3 Å². The molecule has 2 aromatic carbocycles. The van der Waals surface area contributed by atoms with E-state index < -0.39 is 0 Å². The van der Waals surface area contributed by atoms with Gasteiger partial charge in [-0.3, -0.25) is 0 Å². The maximum atomic E-state index is 6.11. The molecule has 1 heterocycles. The van der Waals surface area contributed by atoms with Gasteiger partial charge in [0.1, 0.15) is 5.76 Å². The van der Waals surface area contributed by atoms with Crippen LogP contribution in [0.2, 0.25) is 0 Å². The molecule has 2 atom stereocenters. The standard InChI is InChI=1S/C17H17NOS/c1-12(18)17(16-7-4-10-19-16)20-15-9-8-13-5-2-3-6-14(13)11-15/h2-12,17H,18H2,1H3. The predicted octanol–water partition coefficient (Wildman–Crippen LogP) is 4.61. The average molecular weight is 283 g/mol. The summed E-state index contributed by atoms with van der Waals surface area (Å²) in [6.45, 7) is 2.02. The number of hydrogen-bond donors (Lipinski definition) is 1. The fourth-order valence-corrected chi connectivity index (χ4v) is 3.36. The number of thioether (sulfide) groups is 1. The molecule has 3 heteroatoms. The Kier molecular flexibility index (Phi) is 3.81. The first-order valence-corrected chi connectivity index (χ1v) is 7.56. The van der Waals surface area contributed by atoms with Gasteiger partial charge in [-0.05, 0) is 42.0 Å². The lowest BCUT2D eigenvalue weighted by Gasteiger charge is -2.18. The fraction of sp³-hybridized carbons (Fsp3) is 0.176. The summed E-state index contributed by atoms with van der Waals surface area (Å²) >= 11 is 1.75. The molecule has 0 saturated heterocycles. The zero-order valence-electron chi connectivity index (χ0n) is 11.3. The average Bonchev–Trinajstić information content (AvgIpc) is 2.98. The van der Waals surface area contributed by atoms with E-state index in [0.29, 0.717) is 0 Å². The van der Waals surface area contributed by atoms with Crippen LogP contribution in [0, 0.1) is 0 Å². The second-order valence-corrected chi connectivity index (χ2v) is 6.14. The number of rotatable bonds is 4. The maximum absolute atomic E-state index is 6.11. The van der Waals surface area contributed by atoms with Crippen molar-refractivity contribution in [2.75, 3.05) is 0 Å². The summed E-state index contributed by atoms with van der Waals surface area (Å²) in [4.78, 5) is 1.21. The third-order valence-corrected chi connectivity index (χ3v) is 4.73. The lowest BCUT2D eigenvalue weighted by molar-refractivity contribution is 0.487. The molecule has 2 nitrogen and oxygen atoms in total. The van der Waals surface area contributed by atoms with Crippen molar-refractivity contribution in [1.29, 1.82) is 0 Å². The molecule has 2 unspecified atom stereocenters. The van der Waals surface area contributed by atoms with Crippen LogP contribution in [-0.4, -0.2) is 6.04 Å². The summed E-state index contributed by atoms with van der Waals surface area (Å²) in [5, 5.41) is 2.64. The molecular formula is C17H17NOS. The minimum Gasteiger partial charge on any atom is -0.468 e. The maximum Gasteiger partial charge on any atom is 0.118 e. The number of fused-ring (bicyclic) bond motifs is 1. The Morgan fingerprint density at radius 1 is 1.00 bits per heavy atom. The Labute approximate surface area is 123 Å². The molecule has 20 heavy (non-hydrogen) atoms. The van der Waals surface area contributed by atoms with Gasteiger partial charge in [-0.15, -0.1) is 11.8 Å². The minimum atomic E-state index is 0.0256. The van der Waals surface area contributed by atoms with Crippen LogP contribution < -0.4 is 5.73 Å². The Hall–Kier alpha value is -1.71. The van der Waals surface area contributed by atoms with Gasteiger partial charge in [0.05, 0.1) is 11.5 Å². The van der Waals surface area contributed by atoms with Crippen LogP contribution in [-0.2, 0) is 0 Å². The molecule has 0 aliphatic rings. The number of hydrogen-bond acceptors (Lipinski definition) is 3. The zero-order chi connectivity index (χ0) is 13.9.